The SMILES string of the molecule is O=C(/C=C/[O-])c1cnccn1.[Na+]. The summed E-state index contributed by atoms with van der Waals surface area (Å²) in [6.07, 6.45) is 5.49. The minimum absolute atomic E-state index is 0. The van der Waals surface area contributed by atoms with E-state index in [0.717, 1.165) is 6.08 Å². The van der Waals surface area contributed by atoms with Crippen molar-refractivity contribution in [2.75, 3.05) is 0 Å². The topological polar surface area (TPSA) is 65.9 Å². The van der Waals surface area contributed by atoms with Crippen LogP contribution in [0.3, 0.4) is 0 Å². The Hall–Kier alpha value is -0.710. The van der Waals surface area contributed by atoms with Crippen molar-refractivity contribution in [1.82, 2.24) is 9.97 Å². The number of hydrogen-bond donors (Lipinski definition) is 0. The Morgan fingerprint density at radius 2 is 2.25 bits per heavy atom. The van der Waals surface area contributed by atoms with Gasteiger partial charge in [-0.3, -0.25) is 9.78 Å². The first kappa shape index (κ1) is 11.3. The second-order valence-electron chi connectivity index (χ2n) is 1.76. The molecule has 1 aromatic heterocycles. The van der Waals surface area contributed by atoms with Crippen LogP contribution in [-0.2, 0) is 0 Å². The van der Waals surface area contributed by atoms with E-state index in [1.54, 1.807) is 0 Å². The molecule has 0 unspecified atom stereocenters. The molecule has 0 aliphatic rings. The smallest absolute Gasteiger partial charge is 0.878 e. The first-order valence-electron chi connectivity index (χ1n) is 2.93. The molecule has 0 radical (unpaired) electrons. The third-order valence-corrected chi connectivity index (χ3v) is 1.04. The van der Waals surface area contributed by atoms with Crippen LogP contribution in [0.5, 0.6) is 0 Å². The maximum Gasteiger partial charge on any atom is 1.00 e. The van der Waals surface area contributed by atoms with Crippen LogP contribution in [0.25, 0.3) is 0 Å². The minimum Gasteiger partial charge on any atom is -0.878 e. The Balaban J connectivity index is 0.00000121. The molecule has 0 spiro atoms. The van der Waals surface area contributed by atoms with Crippen LogP contribution >= 0.6 is 0 Å². The largest absolute Gasteiger partial charge is 1.00 e. The molecule has 0 amide bonds. The number of carbonyl (C=O) groups excluding carboxylic acids is 1. The van der Waals surface area contributed by atoms with Crippen molar-refractivity contribution in [3.8, 4) is 0 Å². The molecule has 0 saturated heterocycles. The van der Waals surface area contributed by atoms with Crippen molar-refractivity contribution in [3.63, 3.8) is 0 Å². The van der Waals surface area contributed by atoms with E-state index in [0.29, 0.717) is 6.26 Å². The molecule has 0 aliphatic heterocycles. The van der Waals surface area contributed by atoms with E-state index in [9.17, 15) is 9.90 Å². The second kappa shape index (κ2) is 5.88. The molecule has 0 fully saturated rings. The molecule has 0 saturated carbocycles. The van der Waals surface area contributed by atoms with Crippen molar-refractivity contribution < 1.29 is 39.5 Å². The molecule has 4 nitrogen and oxygen atoms in total. The van der Waals surface area contributed by atoms with Gasteiger partial charge < -0.3 is 5.11 Å². The van der Waals surface area contributed by atoms with E-state index in [4.69, 9.17) is 0 Å². The van der Waals surface area contributed by atoms with Gasteiger partial charge in [-0.05, 0) is 6.08 Å². The van der Waals surface area contributed by atoms with Crippen molar-refractivity contribution in [2.45, 2.75) is 0 Å². The Bertz CT molecular complexity index is 274. The molecule has 56 valence electrons. The molecule has 12 heavy (non-hydrogen) atoms. The normalized spacial score (nSPS) is 9.33. The zero-order valence-corrected chi connectivity index (χ0v) is 8.60. The van der Waals surface area contributed by atoms with Crippen LogP contribution in [0.15, 0.2) is 30.9 Å². The van der Waals surface area contributed by atoms with Gasteiger partial charge in [0.1, 0.15) is 5.69 Å². The molecule has 1 heterocycles. The van der Waals surface area contributed by atoms with Crippen molar-refractivity contribution in [2.24, 2.45) is 0 Å². The average molecular weight is 172 g/mol. The summed E-state index contributed by atoms with van der Waals surface area (Å²) in [7, 11) is 0. The Labute approximate surface area is 91.6 Å². The van der Waals surface area contributed by atoms with Crippen molar-refractivity contribution in [3.05, 3.63) is 36.6 Å². The number of rotatable bonds is 2. The number of aromatic nitrogens is 2. The summed E-state index contributed by atoms with van der Waals surface area (Å²) in [5, 5.41) is 9.86. The van der Waals surface area contributed by atoms with Crippen molar-refractivity contribution in [1.29, 1.82) is 0 Å². The maximum atomic E-state index is 10.9. The van der Waals surface area contributed by atoms with Crippen molar-refractivity contribution >= 4 is 5.78 Å². The van der Waals surface area contributed by atoms with E-state index >= 15 is 0 Å². The predicted molar refractivity (Wildman–Crippen MR) is 35.5 cm³/mol. The Kier molecular flexibility index (Phi) is 5.53. The third-order valence-electron chi connectivity index (χ3n) is 1.04. The van der Waals surface area contributed by atoms with E-state index in [1.807, 2.05) is 0 Å². The standard InChI is InChI=1S/C7H6N2O2.Na/c10-4-1-7(11)6-5-8-2-3-9-6;/h1-5,10H;/q;+1/p-1/b4-1+;. The van der Waals surface area contributed by atoms with Gasteiger partial charge in [-0.2, -0.15) is 0 Å². The van der Waals surface area contributed by atoms with Crippen LogP contribution in [0.1, 0.15) is 10.5 Å². The van der Waals surface area contributed by atoms with Gasteiger partial charge >= 0.3 is 29.6 Å². The van der Waals surface area contributed by atoms with Crippen LogP contribution in [0.2, 0.25) is 0 Å². The zero-order chi connectivity index (χ0) is 8.10. The van der Waals surface area contributed by atoms with Gasteiger partial charge in [0, 0.05) is 12.4 Å². The van der Waals surface area contributed by atoms with Gasteiger partial charge in [0.15, 0.2) is 0 Å². The summed E-state index contributed by atoms with van der Waals surface area (Å²) >= 11 is 0. The molecule has 1 aromatic rings. The Morgan fingerprint density at radius 3 is 2.75 bits per heavy atom. The molecule has 0 bridgehead atoms. The monoisotopic (exact) mass is 172 g/mol. The fraction of sp³-hybridized carbons (Fsp3) is 0. The molecule has 1 rings (SSSR count). The minimum atomic E-state index is -0.423. The summed E-state index contributed by atoms with van der Waals surface area (Å²) in [6.45, 7) is 0. The summed E-state index contributed by atoms with van der Waals surface area (Å²) in [6, 6.07) is 0. The number of allylic oxidation sites excluding steroid dienone is 1. The molecule has 0 aromatic carbocycles. The summed E-state index contributed by atoms with van der Waals surface area (Å²) in [4.78, 5) is 18.2. The molecule has 0 aliphatic carbocycles. The fourth-order valence-electron chi connectivity index (χ4n) is 0.574. The first-order valence-corrected chi connectivity index (χ1v) is 2.93. The summed E-state index contributed by atoms with van der Waals surface area (Å²) < 4.78 is 0. The summed E-state index contributed by atoms with van der Waals surface area (Å²) in [5.74, 6) is -0.423. The Morgan fingerprint density at radius 1 is 1.50 bits per heavy atom. The third kappa shape index (κ3) is 3.13. The zero-order valence-electron chi connectivity index (χ0n) is 6.60. The van der Waals surface area contributed by atoms with E-state index in [1.165, 1.54) is 18.6 Å². The second-order valence-corrected chi connectivity index (χ2v) is 1.76. The number of nitrogens with zero attached hydrogens (tertiary/aromatic N) is 2. The van der Waals surface area contributed by atoms with E-state index < -0.39 is 5.78 Å². The molecular weight excluding hydrogens is 167 g/mol. The van der Waals surface area contributed by atoms with Crippen LogP contribution in [0.4, 0.5) is 0 Å². The predicted octanol–water partition coefficient (Wildman–Crippen LogP) is -3.46. The van der Waals surface area contributed by atoms with Gasteiger partial charge in [-0.1, -0.05) is 0 Å². The van der Waals surface area contributed by atoms with Crippen LogP contribution in [-0.4, -0.2) is 15.8 Å². The van der Waals surface area contributed by atoms with Gasteiger partial charge in [0.2, 0.25) is 5.78 Å². The maximum absolute atomic E-state index is 10.9. The van der Waals surface area contributed by atoms with E-state index in [-0.39, 0.29) is 35.3 Å². The van der Waals surface area contributed by atoms with Crippen LogP contribution in [0, 0.1) is 0 Å². The van der Waals surface area contributed by atoms with Gasteiger partial charge in [-0.25, -0.2) is 4.98 Å². The molecule has 5 heteroatoms. The quantitative estimate of drug-likeness (QED) is 0.201. The number of carbonyl (C=O) groups is 1. The van der Waals surface area contributed by atoms with Gasteiger partial charge in [0.25, 0.3) is 0 Å². The van der Waals surface area contributed by atoms with Crippen LogP contribution < -0.4 is 34.7 Å². The van der Waals surface area contributed by atoms with E-state index in [2.05, 4.69) is 9.97 Å². The average Bonchev–Trinajstić information content (AvgIpc) is 2.07. The molecular formula is C7H5N2NaO2. The fourth-order valence-corrected chi connectivity index (χ4v) is 0.574. The number of hydrogen-bond acceptors (Lipinski definition) is 4. The van der Waals surface area contributed by atoms with Gasteiger partial charge in [-0.15, -0.1) is 6.26 Å². The summed E-state index contributed by atoms with van der Waals surface area (Å²) in [5.41, 5.74) is 0.180. The first-order chi connectivity index (χ1) is 5.34. The molecule has 0 atom stereocenters. The number of ketones is 1. The van der Waals surface area contributed by atoms with Gasteiger partial charge in [0.05, 0.1) is 6.20 Å². The molecule has 0 N–H and O–H groups in total.